The van der Waals surface area contributed by atoms with Crippen LogP contribution in [0.2, 0.25) is 0 Å². The molecular formula is C18H33N3. The standard InChI is InChI=1S/C18H33N3/c1-8-21(16(5)12-20(6)7)18(11-19)17-10-14(3)13(2)9-15(17)4/h9-10,16,18H,8,11-12,19H2,1-7H3. The molecule has 3 heteroatoms. The number of aryl methyl sites for hydroxylation is 3. The van der Waals surface area contributed by atoms with Crippen LogP contribution in [0.15, 0.2) is 12.1 Å². The summed E-state index contributed by atoms with van der Waals surface area (Å²) in [7, 11) is 4.26. The Kier molecular flexibility index (Phi) is 6.85. The Bertz CT molecular complexity index is 454. The monoisotopic (exact) mass is 291 g/mol. The molecule has 2 atom stereocenters. The van der Waals surface area contributed by atoms with Crippen LogP contribution in [0.4, 0.5) is 0 Å². The third-order valence-corrected chi connectivity index (χ3v) is 4.43. The molecular weight excluding hydrogens is 258 g/mol. The molecule has 1 rings (SSSR count). The van der Waals surface area contributed by atoms with Crippen molar-refractivity contribution in [1.82, 2.24) is 9.80 Å². The van der Waals surface area contributed by atoms with Crippen molar-refractivity contribution in [3.8, 4) is 0 Å². The van der Waals surface area contributed by atoms with E-state index in [4.69, 9.17) is 5.73 Å². The summed E-state index contributed by atoms with van der Waals surface area (Å²) in [6.45, 7) is 13.8. The molecule has 1 aromatic rings. The number of rotatable bonds is 7. The van der Waals surface area contributed by atoms with E-state index < -0.39 is 0 Å². The van der Waals surface area contributed by atoms with Crippen LogP contribution < -0.4 is 5.73 Å². The van der Waals surface area contributed by atoms with Crippen molar-refractivity contribution in [2.24, 2.45) is 5.73 Å². The van der Waals surface area contributed by atoms with Crippen LogP contribution in [0.25, 0.3) is 0 Å². The molecule has 2 N–H and O–H groups in total. The number of hydrogen-bond acceptors (Lipinski definition) is 3. The van der Waals surface area contributed by atoms with Gasteiger partial charge in [0, 0.05) is 25.2 Å². The van der Waals surface area contributed by atoms with Crippen molar-refractivity contribution in [1.29, 1.82) is 0 Å². The molecule has 0 spiro atoms. The molecule has 0 heterocycles. The maximum atomic E-state index is 6.15. The van der Waals surface area contributed by atoms with Crippen molar-refractivity contribution in [2.75, 3.05) is 33.7 Å². The van der Waals surface area contributed by atoms with Crippen molar-refractivity contribution in [2.45, 2.75) is 46.7 Å². The Morgan fingerprint density at radius 2 is 1.62 bits per heavy atom. The van der Waals surface area contributed by atoms with E-state index in [1.165, 1.54) is 22.3 Å². The molecule has 0 radical (unpaired) electrons. The highest BCUT2D eigenvalue weighted by atomic mass is 15.2. The van der Waals surface area contributed by atoms with Crippen LogP contribution in [0.1, 0.15) is 42.1 Å². The number of nitrogens with two attached hydrogens (primary N) is 1. The van der Waals surface area contributed by atoms with Gasteiger partial charge in [0.15, 0.2) is 0 Å². The molecule has 120 valence electrons. The van der Waals surface area contributed by atoms with Crippen molar-refractivity contribution < 1.29 is 0 Å². The zero-order valence-corrected chi connectivity index (χ0v) is 14.9. The van der Waals surface area contributed by atoms with Gasteiger partial charge in [-0.05, 0) is 70.6 Å². The highest BCUT2D eigenvalue weighted by Gasteiger charge is 2.24. The molecule has 0 aliphatic rings. The van der Waals surface area contributed by atoms with Gasteiger partial charge in [0.2, 0.25) is 0 Å². The van der Waals surface area contributed by atoms with Gasteiger partial charge < -0.3 is 10.6 Å². The Hall–Kier alpha value is -0.900. The summed E-state index contributed by atoms with van der Waals surface area (Å²) in [6, 6.07) is 5.40. The maximum absolute atomic E-state index is 6.15. The molecule has 0 aliphatic carbocycles. The van der Waals surface area contributed by atoms with Gasteiger partial charge in [0.25, 0.3) is 0 Å². The van der Waals surface area contributed by atoms with Crippen LogP contribution >= 0.6 is 0 Å². The largest absolute Gasteiger partial charge is 0.329 e. The lowest BCUT2D eigenvalue weighted by Gasteiger charge is -2.37. The second-order valence-electron chi connectivity index (χ2n) is 6.49. The lowest BCUT2D eigenvalue weighted by molar-refractivity contribution is 0.130. The van der Waals surface area contributed by atoms with E-state index >= 15 is 0 Å². The summed E-state index contributed by atoms with van der Waals surface area (Å²) >= 11 is 0. The van der Waals surface area contributed by atoms with E-state index in [9.17, 15) is 0 Å². The molecule has 2 unspecified atom stereocenters. The fourth-order valence-corrected chi connectivity index (χ4v) is 3.26. The van der Waals surface area contributed by atoms with E-state index in [0.29, 0.717) is 18.6 Å². The number of hydrogen-bond donors (Lipinski definition) is 1. The van der Waals surface area contributed by atoms with Crippen molar-refractivity contribution >= 4 is 0 Å². The zero-order valence-electron chi connectivity index (χ0n) is 14.9. The highest BCUT2D eigenvalue weighted by Crippen LogP contribution is 2.27. The number of likely N-dealkylation sites (N-methyl/N-ethyl adjacent to an activating group) is 2. The topological polar surface area (TPSA) is 32.5 Å². The quantitative estimate of drug-likeness (QED) is 0.838. The second kappa shape index (κ2) is 7.92. The molecule has 0 amide bonds. The van der Waals surface area contributed by atoms with Crippen LogP contribution in [-0.4, -0.2) is 49.6 Å². The van der Waals surface area contributed by atoms with Gasteiger partial charge in [-0.25, -0.2) is 0 Å². The molecule has 0 fully saturated rings. The van der Waals surface area contributed by atoms with Crippen LogP contribution in [-0.2, 0) is 0 Å². The lowest BCUT2D eigenvalue weighted by atomic mass is 9.94. The molecule has 0 aliphatic heterocycles. The van der Waals surface area contributed by atoms with Gasteiger partial charge in [-0.3, -0.25) is 4.90 Å². The minimum Gasteiger partial charge on any atom is -0.329 e. The second-order valence-corrected chi connectivity index (χ2v) is 6.49. The molecule has 1 aromatic carbocycles. The molecule has 21 heavy (non-hydrogen) atoms. The van der Waals surface area contributed by atoms with Gasteiger partial charge in [-0.1, -0.05) is 19.1 Å². The summed E-state index contributed by atoms with van der Waals surface area (Å²) in [6.07, 6.45) is 0. The van der Waals surface area contributed by atoms with Gasteiger partial charge in [0.1, 0.15) is 0 Å². The summed E-state index contributed by atoms with van der Waals surface area (Å²) in [4.78, 5) is 4.77. The first-order valence-electron chi connectivity index (χ1n) is 8.00. The molecule has 3 nitrogen and oxygen atoms in total. The zero-order chi connectivity index (χ0) is 16.2. The maximum Gasteiger partial charge on any atom is 0.0476 e. The fourth-order valence-electron chi connectivity index (χ4n) is 3.26. The normalized spacial score (nSPS) is 14.8. The van der Waals surface area contributed by atoms with Gasteiger partial charge >= 0.3 is 0 Å². The molecule has 0 aromatic heterocycles. The first kappa shape index (κ1) is 18.1. The third-order valence-electron chi connectivity index (χ3n) is 4.43. The SMILES string of the molecule is CCN(C(C)CN(C)C)C(CN)c1cc(C)c(C)cc1C. The molecule has 0 saturated heterocycles. The van der Waals surface area contributed by atoms with E-state index in [2.05, 4.69) is 70.6 Å². The van der Waals surface area contributed by atoms with Gasteiger partial charge in [0.05, 0.1) is 0 Å². The van der Waals surface area contributed by atoms with Gasteiger partial charge in [-0.2, -0.15) is 0 Å². The minimum atomic E-state index is 0.296. The van der Waals surface area contributed by atoms with Crippen LogP contribution in [0, 0.1) is 20.8 Å². The third kappa shape index (κ3) is 4.53. The first-order chi connectivity index (χ1) is 9.81. The predicted molar refractivity (Wildman–Crippen MR) is 92.8 cm³/mol. The highest BCUT2D eigenvalue weighted by molar-refractivity contribution is 5.38. The smallest absolute Gasteiger partial charge is 0.0476 e. The average molecular weight is 291 g/mol. The number of nitrogens with zero attached hydrogens (tertiary/aromatic N) is 2. The van der Waals surface area contributed by atoms with Crippen molar-refractivity contribution in [3.05, 3.63) is 34.4 Å². The Morgan fingerprint density at radius 1 is 1.05 bits per heavy atom. The summed E-state index contributed by atoms with van der Waals surface area (Å²) < 4.78 is 0. The van der Waals surface area contributed by atoms with E-state index in [1.807, 2.05) is 0 Å². The average Bonchev–Trinajstić information content (AvgIpc) is 2.39. The summed E-state index contributed by atoms with van der Waals surface area (Å²) in [5.74, 6) is 0. The Morgan fingerprint density at radius 3 is 2.10 bits per heavy atom. The molecule has 0 saturated carbocycles. The van der Waals surface area contributed by atoms with E-state index in [0.717, 1.165) is 13.1 Å². The van der Waals surface area contributed by atoms with Crippen LogP contribution in [0.3, 0.4) is 0 Å². The summed E-state index contributed by atoms with van der Waals surface area (Å²) in [5, 5.41) is 0. The first-order valence-corrected chi connectivity index (χ1v) is 8.00. The fraction of sp³-hybridized carbons (Fsp3) is 0.667. The lowest BCUT2D eigenvalue weighted by Crippen LogP contribution is -2.44. The van der Waals surface area contributed by atoms with Gasteiger partial charge in [-0.15, -0.1) is 0 Å². The predicted octanol–water partition coefficient (Wildman–Crippen LogP) is 2.88. The Balaban J connectivity index is 3.12. The number of benzene rings is 1. The van der Waals surface area contributed by atoms with Crippen LogP contribution in [0.5, 0.6) is 0 Å². The van der Waals surface area contributed by atoms with Crippen molar-refractivity contribution in [3.63, 3.8) is 0 Å². The van der Waals surface area contributed by atoms with E-state index in [-0.39, 0.29) is 0 Å². The molecule has 0 bridgehead atoms. The summed E-state index contributed by atoms with van der Waals surface area (Å²) in [5.41, 5.74) is 11.6. The van der Waals surface area contributed by atoms with E-state index in [1.54, 1.807) is 0 Å². The minimum absolute atomic E-state index is 0.296. The Labute approximate surface area is 131 Å².